The lowest BCUT2D eigenvalue weighted by molar-refractivity contribution is -0.139. The van der Waals surface area contributed by atoms with Crippen molar-refractivity contribution in [1.29, 1.82) is 0 Å². The van der Waals surface area contributed by atoms with Gasteiger partial charge in [-0.2, -0.15) is 4.98 Å². The third kappa shape index (κ3) is 5.05. The van der Waals surface area contributed by atoms with Crippen LogP contribution in [-0.4, -0.2) is 42.0 Å². The van der Waals surface area contributed by atoms with Crippen molar-refractivity contribution in [1.82, 2.24) is 10.1 Å². The third-order valence-corrected chi connectivity index (χ3v) is 4.08. The van der Waals surface area contributed by atoms with Crippen LogP contribution in [0.5, 0.6) is 17.2 Å². The molecular formula is C20H17ClN2O6. The van der Waals surface area contributed by atoms with Crippen LogP contribution >= 0.6 is 11.6 Å². The summed E-state index contributed by atoms with van der Waals surface area (Å²) in [4.78, 5) is 15.0. The molecular weight excluding hydrogens is 400 g/mol. The average Bonchev–Trinajstić information content (AvgIpc) is 3.23. The van der Waals surface area contributed by atoms with Gasteiger partial charge in [0.15, 0.2) is 18.1 Å². The molecule has 0 unspecified atom stereocenters. The van der Waals surface area contributed by atoms with Crippen molar-refractivity contribution >= 4 is 28.7 Å². The van der Waals surface area contributed by atoms with Gasteiger partial charge in [-0.3, -0.25) is 0 Å². The maximum Gasteiger partial charge on any atom is 0.341 e. The molecule has 0 aliphatic carbocycles. The van der Waals surface area contributed by atoms with Crippen LogP contribution in [0.15, 0.2) is 47.0 Å². The monoisotopic (exact) mass is 416 g/mol. The number of benzene rings is 2. The summed E-state index contributed by atoms with van der Waals surface area (Å²) in [5.41, 5.74) is 1.44. The number of methoxy groups -OCH3 is 2. The quantitative estimate of drug-likeness (QED) is 0.588. The van der Waals surface area contributed by atoms with E-state index in [2.05, 4.69) is 10.1 Å². The first-order valence-corrected chi connectivity index (χ1v) is 8.76. The molecule has 0 bridgehead atoms. The Bertz CT molecular complexity index is 1030. The molecule has 3 rings (SSSR count). The van der Waals surface area contributed by atoms with E-state index in [1.54, 1.807) is 43.5 Å². The van der Waals surface area contributed by atoms with E-state index in [9.17, 15) is 4.79 Å². The van der Waals surface area contributed by atoms with Crippen molar-refractivity contribution in [2.45, 2.75) is 0 Å². The smallest absolute Gasteiger partial charge is 0.341 e. The molecule has 1 heterocycles. The van der Waals surface area contributed by atoms with Gasteiger partial charge < -0.3 is 23.8 Å². The van der Waals surface area contributed by atoms with E-state index in [-0.39, 0.29) is 10.9 Å². The number of aliphatic carboxylic acids is 1. The van der Waals surface area contributed by atoms with E-state index in [1.807, 2.05) is 12.1 Å². The molecule has 8 nitrogen and oxygen atoms in total. The largest absolute Gasteiger partial charge is 0.497 e. The second-order valence-corrected chi connectivity index (χ2v) is 6.14. The Labute approximate surface area is 171 Å². The normalized spacial score (nSPS) is 11.2. The van der Waals surface area contributed by atoms with E-state index < -0.39 is 12.6 Å². The highest BCUT2D eigenvalue weighted by molar-refractivity contribution is 6.50. The van der Waals surface area contributed by atoms with Crippen molar-refractivity contribution in [3.8, 4) is 28.6 Å². The van der Waals surface area contributed by atoms with Gasteiger partial charge in [0.2, 0.25) is 5.82 Å². The summed E-state index contributed by atoms with van der Waals surface area (Å²) in [6, 6.07) is 12.2. The zero-order valence-electron chi connectivity index (χ0n) is 15.6. The predicted octanol–water partition coefficient (Wildman–Crippen LogP) is 3.95. The van der Waals surface area contributed by atoms with Gasteiger partial charge in [-0.15, -0.1) is 0 Å². The first-order valence-electron chi connectivity index (χ1n) is 8.38. The maximum atomic E-state index is 10.7. The van der Waals surface area contributed by atoms with Crippen LogP contribution in [0.25, 0.3) is 22.5 Å². The number of ether oxygens (including phenoxy) is 3. The molecule has 0 fully saturated rings. The Hall–Kier alpha value is -3.52. The van der Waals surface area contributed by atoms with Gasteiger partial charge in [0.25, 0.3) is 5.89 Å². The Morgan fingerprint density at radius 3 is 2.55 bits per heavy atom. The highest BCUT2D eigenvalue weighted by Crippen LogP contribution is 2.31. The fourth-order valence-electron chi connectivity index (χ4n) is 2.42. The Kier molecular flexibility index (Phi) is 6.36. The van der Waals surface area contributed by atoms with Crippen LogP contribution in [0.3, 0.4) is 0 Å². The molecule has 9 heteroatoms. The van der Waals surface area contributed by atoms with Crippen LogP contribution in [0.2, 0.25) is 0 Å². The minimum absolute atomic E-state index is 0.155. The highest BCUT2D eigenvalue weighted by Gasteiger charge is 2.13. The summed E-state index contributed by atoms with van der Waals surface area (Å²) in [6.45, 7) is -0.470. The summed E-state index contributed by atoms with van der Waals surface area (Å²) in [7, 11) is 3.04. The molecule has 1 N–H and O–H groups in total. The summed E-state index contributed by atoms with van der Waals surface area (Å²) >= 11 is 6.32. The number of carboxylic acids is 1. The number of hydrogen-bond acceptors (Lipinski definition) is 7. The Morgan fingerprint density at radius 2 is 1.90 bits per heavy atom. The molecule has 0 saturated carbocycles. The van der Waals surface area contributed by atoms with Crippen molar-refractivity contribution in [3.63, 3.8) is 0 Å². The van der Waals surface area contributed by atoms with E-state index in [4.69, 9.17) is 35.4 Å². The SMILES string of the molecule is COc1ccc(-c2noc(/C(Cl)=C/c3ccc(OCC(=O)O)c(OC)c3)n2)cc1. The molecule has 150 valence electrons. The summed E-state index contributed by atoms with van der Waals surface area (Å²) in [5, 5.41) is 12.9. The summed E-state index contributed by atoms with van der Waals surface area (Å²) < 4.78 is 20.8. The van der Waals surface area contributed by atoms with E-state index in [0.717, 1.165) is 11.3 Å². The van der Waals surface area contributed by atoms with Crippen molar-refractivity contribution in [2.24, 2.45) is 0 Å². The van der Waals surface area contributed by atoms with Gasteiger partial charge in [-0.25, -0.2) is 4.79 Å². The number of halogens is 1. The predicted molar refractivity (Wildman–Crippen MR) is 106 cm³/mol. The second-order valence-electron chi connectivity index (χ2n) is 5.74. The molecule has 0 atom stereocenters. The Morgan fingerprint density at radius 1 is 1.14 bits per heavy atom. The summed E-state index contributed by atoms with van der Waals surface area (Å²) in [6.07, 6.45) is 1.62. The lowest BCUT2D eigenvalue weighted by Crippen LogP contribution is -2.10. The number of rotatable bonds is 8. The van der Waals surface area contributed by atoms with Gasteiger partial charge in [0.1, 0.15) is 10.8 Å². The van der Waals surface area contributed by atoms with Crippen LogP contribution < -0.4 is 14.2 Å². The number of nitrogens with zero attached hydrogens (tertiary/aromatic N) is 2. The lowest BCUT2D eigenvalue weighted by Gasteiger charge is -2.09. The third-order valence-electron chi connectivity index (χ3n) is 3.81. The first kappa shape index (κ1) is 20.2. The average molecular weight is 417 g/mol. The second kappa shape index (κ2) is 9.11. The Balaban J connectivity index is 1.80. The van der Waals surface area contributed by atoms with Gasteiger partial charge in [-0.05, 0) is 48.0 Å². The molecule has 0 radical (unpaired) electrons. The summed E-state index contributed by atoms with van der Waals surface area (Å²) in [5.74, 6) is 0.867. The van der Waals surface area contributed by atoms with Crippen molar-refractivity contribution in [3.05, 3.63) is 53.9 Å². The van der Waals surface area contributed by atoms with Gasteiger partial charge >= 0.3 is 5.97 Å². The molecule has 0 aliphatic heterocycles. The van der Waals surface area contributed by atoms with E-state index >= 15 is 0 Å². The van der Waals surface area contributed by atoms with Crippen LogP contribution in [0.4, 0.5) is 0 Å². The number of hydrogen-bond donors (Lipinski definition) is 1. The minimum atomic E-state index is -1.08. The number of carboxylic acid groups (broad SMARTS) is 1. The van der Waals surface area contributed by atoms with Crippen molar-refractivity contribution < 1.29 is 28.6 Å². The first-order chi connectivity index (χ1) is 14.0. The highest BCUT2D eigenvalue weighted by atomic mass is 35.5. The topological polar surface area (TPSA) is 104 Å². The minimum Gasteiger partial charge on any atom is -0.497 e. The molecule has 0 aliphatic rings. The van der Waals surface area contributed by atoms with E-state index in [0.29, 0.717) is 22.9 Å². The zero-order valence-corrected chi connectivity index (χ0v) is 16.3. The fourth-order valence-corrected chi connectivity index (χ4v) is 2.62. The maximum absolute atomic E-state index is 10.7. The molecule has 29 heavy (non-hydrogen) atoms. The fraction of sp³-hybridized carbons (Fsp3) is 0.150. The van der Waals surface area contributed by atoms with Crippen LogP contribution in [0, 0.1) is 0 Å². The molecule has 0 spiro atoms. The van der Waals surface area contributed by atoms with Gasteiger partial charge in [0, 0.05) is 5.56 Å². The standard InChI is InChI=1S/C20H17ClN2O6/c1-26-14-6-4-13(5-7-14)19-22-20(29-23-19)15(21)9-12-3-8-16(17(10-12)27-2)28-11-18(24)25/h3-10H,11H2,1-2H3,(H,24,25)/b15-9-. The van der Waals surface area contributed by atoms with Crippen LogP contribution in [-0.2, 0) is 4.79 Å². The molecule has 1 aromatic heterocycles. The van der Waals surface area contributed by atoms with E-state index in [1.165, 1.54) is 7.11 Å². The number of aromatic nitrogens is 2. The molecule has 0 saturated heterocycles. The van der Waals surface area contributed by atoms with Gasteiger partial charge in [-0.1, -0.05) is 22.8 Å². The molecule has 3 aromatic rings. The van der Waals surface area contributed by atoms with Gasteiger partial charge in [0.05, 0.1) is 14.2 Å². The molecule has 0 amide bonds. The molecule has 2 aromatic carbocycles. The van der Waals surface area contributed by atoms with Crippen molar-refractivity contribution in [2.75, 3.05) is 20.8 Å². The zero-order chi connectivity index (χ0) is 20.8. The van der Waals surface area contributed by atoms with Crippen LogP contribution in [0.1, 0.15) is 11.5 Å². The lowest BCUT2D eigenvalue weighted by atomic mass is 10.2. The number of carbonyl (C=O) groups is 1.